The molecule has 2 aromatic rings. The SMILES string of the molecule is CC(C)(C)c1ccc(C(=O)NC(=O)Nc2ccccc2F)cc1. The molecule has 5 heteroatoms. The molecule has 0 heterocycles. The van der Waals surface area contributed by atoms with Crippen molar-refractivity contribution in [2.75, 3.05) is 5.32 Å². The Morgan fingerprint density at radius 3 is 2.13 bits per heavy atom. The first kappa shape index (κ1) is 16.7. The van der Waals surface area contributed by atoms with E-state index in [1.54, 1.807) is 18.2 Å². The van der Waals surface area contributed by atoms with Gasteiger partial charge in [0.1, 0.15) is 5.82 Å². The molecule has 0 saturated carbocycles. The highest BCUT2D eigenvalue weighted by molar-refractivity contribution is 6.07. The molecule has 2 aromatic carbocycles. The summed E-state index contributed by atoms with van der Waals surface area (Å²) in [6.45, 7) is 6.22. The number of carbonyl (C=O) groups is 2. The third-order valence-electron chi connectivity index (χ3n) is 3.36. The number of carbonyl (C=O) groups excluding carboxylic acids is 2. The number of urea groups is 1. The summed E-state index contributed by atoms with van der Waals surface area (Å²) in [4.78, 5) is 23.8. The van der Waals surface area contributed by atoms with Crippen LogP contribution in [0.3, 0.4) is 0 Å². The molecule has 0 unspecified atom stereocenters. The van der Waals surface area contributed by atoms with Crippen LogP contribution < -0.4 is 10.6 Å². The lowest BCUT2D eigenvalue weighted by atomic mass is 9.87. The van der Waals surface area contributed by atoms with Crippen LogP contribution in [-0.2, 0) is 5.41 Å². The average Bonchev–Trinajstić information content (AvgIpc) is 2.49. The second kappa shape index (κ2) is 6.60. The normalized spacial score (nSPS) is 11.0. The molecule has 0 spiro atoms. The third-order valence-corrected chi connectivity index (χ3v) is 3.36. The van der Waals surface area contributed by atoms with Gasteiger partial charge in [0.05, 0.1) is 5.69 Å². The van der Waals surface area contributed by atoms with Gasteiger partial charge in [0, 0.05) is 5.56 Å². The molecule has 0 aromatic heterocycles. The Morgan fingerprint density at radius 1 is 0.957 bits per heavy atom. The van der Waals surface area contributed by atoms with Gasteiger partial charge >= 0.3 is 6.03 Å². The quantitative estimate of drug-likeness (QED) is 0.877. The lowest BCUT2D eigenvalue weighted by Crippen LogP contribution is -2.34. The van der Waals surface area contributed by atoms with Crippen molar-refractivity contribution in [3.05, 3.63) is 65.5 Å². The van der Waals surface area contributed by atoms with Crippen LogP contribution >= 0.6 is 0 Å². The molecule has 120 valence electrons. The zero-order valence-corrected chi connectivity index (χ0v) is 13.3. The van der Waals surface area contributed by atoms with E-state index >= 15 is 0 Å². The summed E-state index contributed by atoms with van der Waals surface area (Å²) >= 11 is 0. The molecule has 0 atom stereocenters. The Bertz CT molecular complexity index is 719. The molecule has 0 aliphatic carbocycles. The van der Waals surface area contributed by atoms with Crippen LogP contribution in [0.5, 0.6) is 0 Å². The van der Waals surface area contributed by atoms with E-state index in [0.29, 0.717) is 5.56 Å². The summed E-state index contributed by atoms with van der Waals surface area (Å²) in [7, 11) is 0. The minimum Gasteiger partial charge on any atom is -0.305 e. The summed E-state index contributed by atoms with van der Waals surface area (Å²) in [6, 6.07) is 12.0. The van der Waals surface area contributed by atoms with Gasteiger partial charge in [-0.25, -0.2) is 9.18 Å². The van der Waals surface area contributed by atoms with Gasteiger partial charge in [0.25, 0.3) is 5.91 Å². The number of halogens is 1. The van der Waals surface area contributed by atoms with E-state index in [1.807, 2.05) is 12.1 Å². The van der Waals surface area contributed by atoms with Gasteiger partial charge in [-0.2, -0.15) is 0 Å². The van der Waals surface area contributed by atoms with Crippen molar-refractivity contribution >= 4 is 17.6 Å². The van der Waals surface area contributed by atoms with Crippen LogP contribution in [0.4, 0.5) is 14.9 Å². The summed E-state index contributed by atoms with van der Waals surface area (Å²) in [5.41, 5.74) is 1.45. The van der Waals surface area contributed by atoms with Gasteiger partial charge in [-0.15, -0.1) is 0 Å². The molecule has 2 N–H and O–H groups in total. The molecule has 2 rings (SSSR count). The number of benzene rings is 2. The predicted molar refractivity (Wildman–Crippen MR) is 88.0 cm³/mol. The van der Waals surface area contributed by atoms with E-state index < -0.39 is 17.8 Å². The molecular weight excluding hydrogens is 295 g/mol. The summed E-state index contributed by atoms with van der Waals surface area (Å²) in [5.74, 6) is -1.11. The fourth-order valence-electron chi connectivity index (χ4n) is 2.01. The van der Waals surface area contributed by atoms with E-state index in [9.17, 15) is 14.0 Å². The topological polar surface area (TPSA) is 58.2 Å². The van der Waals surface area contributed by atoms with Crippen LogP contribution in [0.25, 0.3) is 0 Å². The number of rotatable bonds is 2. The van der Waals surface area contributed by atoms with E-state index in [-0.39, 0.29) is 11.1 Å². The first-order valence-corrected chi connectivity index (χ1v) is 7.25. The highest BCUT2D eigenvalue weighted by Crippen LogP contribution is 2.22. The maximum absolute atomic E-state index is 13.4. The molecule has 23 heavy (non-hydrogen) atoms. The molecule has 4 nitrogen and oxygen atoms in total. The molecule has 0 bridgehead atoms. The molecule has 0 saturated heterocycles. The van der Waals surface area contributed by atoms with Gasteiger partial charge in [0.2, 0.25) is 0 Å². The van der Waals surface area contributed by atoms with Crippen molar-refractivity contribution < 1.29 is 14.0 Å². The zero-order valence-electron chi connectivity index (χ0n) is 13.3. The van der Waals surface area contributed by atoms with E-state index in [2.05, 4.69) is 31.4 Å². The lowest BCUT2D eigenvalue weighted by molar-refractivity contribution is 0.0967. The van der Waals surface area contributed by atoms with Crippen molar-refractivity contribution in [1.82, 2.24) is 5.32 Å². The Kier molecular flexibility index (Phi) is 4.79. The van der Waals surface area contributed by atoms with Crippen LogP contribution in [0.2, 0.25) is 0 Å². The van der Waals surface area contributed by atoms with Gasteiger partial charge in [-0.05, 0) is 35.2 Å². The van der Waals surface area contributed by atoms with E-state index in [0.717, 1.165) is 5.56 Å². The van der Waals surface area contributed by atoms with Crippen molar-refractivity contribution in [3.63, 3.8) is 0 Å². The van der Waals surface area contributed by atoms with Crippen molar-refractivity contribution in [1.29, 1.82) is 0 Å². The smallest absolute Gasteiger partial charge is 0.305 e. The Balaban J connectivity index is 2.01. The first-order chi connectivity index (χ1) is 10.8. The van der Waals surface area contributed by atoms with Crippen LogP contribution in [0.1, 0.15) is 36.7 Å². The Labute approximate surface area is 134 Å². The molecule has 0 fully saturated rings. The average molecular weight is 314 g/mol. The maximum Gasteiger partial charge on any atom is 0.326 e. The fraction of sp³-hybridized carbons (Fsp3) is 0.222. The Hall–Kier alpha value is -2.69. The number of hydrogen-bond acceptors (Lipinski definition) is 2. The van der Waals surface area contributed by atoms with Crippen molar-refractivity contribution in [2.24, 2.45) is 0 Å². The van der Waals surface area contributed by atoms with Crippen molar-refractivity contribution in [3.8, 4) is 0 Å². The van der Waals surface area contributed by atoms with Crippen LogP contribution in [0.15, 0.2) is 48.5 Å². The first-order valence-electron chi connectivity index (χ1n) is 7.25. The summed E-state index contributed by atoms with van der Waals surface area (Å²) < 4.78 is 13.4. The van der Waals surface area contributed by atoms with Crippen LogP contribution in [-0.4, -0.2) is 11.9 Å². The van der Waals surface area contributed by atoms with Gasteiger partial charge in [-0.1, -0.05) is 45.0 Å². The van der Waals surface area contributed by atoms with Gasteiger partial charge in [0.15, 0.2) is 0 Å². The number of imide groups is 1. The second-order valence-corrected chi connectivity index (χ2v) is 6.22. The van der Waals surface area contributed by atoms with Crippen LogP contribution in [0, 0.1) is 5.82 Å². The molecule has 3 amide bonds. The van der Waals surface area contributed by atoms with E-state index in [1.165, 1.54) is 18.2 Å². The van der Waals surface area contributed by atoms with Gasteiger partial charge in [-0.3, -0.25) is 10.1 Å². The number of nitrogens with one attached hydrogen (secondary N) is 2. The highest BCUT2D eigenvalue weighted by Gasteiger charge is 2.15. The largest absolute Gasteiger partial charge is 0.326 e. The number of anilines is 1. The molecule has 0 aliphatic rings. The predicted octanol–water partition coefficient (Wildman–Crippen LogP) is 4.09. The third kappa shape index (κ3) is 4.39. The second-order valence-electron chi connectivity index (χ2n) is 6.22. The zero-order chi connectivity index (χ0) is 17.0. The monoisotopic (exact) mass is 314 g/mol. The standard InChI is InChI=1S/C18H19FN2O2/c1-18(2,3)13-10-8-12(9-11-13)16(22)21-17(23)20-15-7-5-4-6-14(15)19/h4-11H,1-3H3,(H2,20,21,22,23). The van der Waals surface area contributed by atoms with E-state index in [4.69, 9.17) is 0 Å². The Morgan fingerprint density at radius 2 is 1.57 bits per heavy atom. The van der Waals surface area contributed by atoms with Gasteiger partial charge < -0.3 is 5.32 Å². The van der Waals surface area contributed by atoms with Crippen molar-refractivity contribution in [2.45, 2.75) is 26.2 Å². The summed E-state index contributed by atoms with van der Waals surface area (Å²) in [6.07, 6.45) is 0. The molecular formula is C18H19FN2O2. The minimum absolute atomic E-state index is 0.0147. The number of hydrogen-bond donors (Lipinski definition) is 2. The summed E-state index contributed by atoms with van der Waals surface area (Å²) in [5, 5.41) is 4.48. The maximum atomic E-state index is 13.4. The number of para-hydroxylation sites is 1. The lowest BCUT2D eigenvalue weighted by Gasteiger charge is -2.19. The molecule has 0 aliphatic heterocycles. The number of amides is 3. The highest BCUT2D eigenvalue weighted by atomic mass is 19.1. The molecule has 0 radical (unpaired) electrons. The minimum atomic E-state index is -0.778. The fourth-order valence-corrected chi connectivity index (χ4v) is 2.01.